The van der Waals surface area contributed by atoms with E-state index in [0.717, 1.165) is 13.0 Å². The molecule has 0 nitrogen and oxygen atoms in total. The van der Waals surface area contributed by atoms with Crippen molar-refractivity contribution in [1.82, 2.24) is 0 Å². The molecule has 0 atom stereocenters. The van der Waals surface area contributed by atoms with Crippen LogP contribution in [-0.2, 0) is 0 Å². The van der Waals surface area contributed by atoms with Gasteiger partial charge in [0.05, 0.1) is 0 Å². The first-order chi connectivity index (χ1) is 3.98. The highest BCUT2D eigenvalue weighted by Crippen LogP contribution is 2.24. The van der Waals surface area contributed by atoms with Crippen LogP contribution < -0.4 is 0 Å². The molecule has 0 spiro atoms. The standard InChI is InChI=1S/C6H8F3/c1-3-4-5(2)6(7,8)9/h4H,1,3H2,2H3/b5-4+. The highest BCUT2D eigenvalue weighted by atomic mass is 19.4. The first kappa shape index (κ1) is 8.53. The van der Waals surface area contributed by atoms with Crippen LogP contribution in [0.1, 0.15) is 13.3 Å². The Balaban J connectivity index is 4.03. The maximum absolute atomic E-state index is 11.5. The summed E-state index contributed by atoms with van der Waals surface area (Å²) in [6.07, 6.45) is -2.93. The Bertz CT molecular complexity index is 110. The fraction of sp³-hybridized carbons (Fsp3) is 0.500. The van der Waals surface area contributed by atoms with Gasteiger partial charge in [0.25, 0.3) is 0 Å². The predicted octanol–water partition coefficient (Wildman–Crippen LogP) is 2.72. The zero-order valence-electron chi connectivity index (χ0n) is 5.13. The molecule has 0 unspecified atom stereocenters. The molecule has 1 radical (unpaired) electrons. The largest absolute Gasteiger partial charge is 0.412 e. The average Bonchev–Trinajstić information content (AvgIpc) is 1.64. The van der Waals surface area contributed by atoms with Crippen molar-refractivity contribution in [3.8, 4) is 0 Å². The van der Waals surface area contributed by atoms with Gasteiger partial charge in [0.2, 0.25) is 0 Å². The first-order valence-corrected chi connectivity index (χ1v) is 2.51. The highest BCUT2D eigenvalue weighted by Gasteiger charge is 2.28. The van der Waals surface area contributed by atoms with Crippen LogP contribution in [0, 0.1) is 6.92 Å². The fourth-order valence-electron chi connectivity index (χ4n) is 0.332. The van der Waals surface area contributed by atoms with Crippen molar-refractivity contribution >= 4 is 0 Å². The molecule has 53 valence electrons. The Labute approximate surface area is 52.4 Å². The van der Waals surface area contributed by atoms with Crippen molar-refractivity contribution in [2.24, 2.45) is 0 Å². The van der Waals surface area contributed by atoms with Gasteiger partial charge in [-0.25, -0.2) is 0 Å². The molecule has 0 amide bonds. The van der Waals surface area contributed by atoms with E-state index in [2.05, 4.69) is 6.92 Å². The third-order valence-corrected chi connectivity index (χ3v) is 0.898. The van der Waals surface area contributed by atoms with E-state index in [0.29, 0.717) is 0 Å². The van der Waals surface area contributed by atoms with Crippen LogP contribution in [0.4, 0.5) is 13.2 Å². The average molecular weight is 137 g/mol. The van der Waals surface area contributed by atoms with Crippen molar-refractivity contribution in [3.05, 3.63) is 18.6 Å². The summed E-state index contributed by atoms with van der Waals surface area (Å²) in [5, 5.41) is 0. The number of hydrogen-bond acceptors (Lipinski definition) is 0. The van der Waals surface area contributed by atoms with Gasteiger partial charge >= 0.3 is 6.18 Å². The van der Waals surface area contributed by atoms with Gasteiger partial charge in [-0.15, -0.1) is 0 Å². The molecule has 0 heterocycles. The Hall–Kier alpha value is -0.470. The first-order valence-electron chi connectivity index (χ1n) is 2.51. The van der Waals surface area contributed by atoms with Gasteiger partial charge in [-0.2, -0.15) is 13.2 Å². The quantitative estimate of drug-likeness (QED) is 0.487. The summed E-state index contributed by atoms with van der Waals surface area (Å²) in [6, 6.07) is 0. The minimum Gasteiger partial charge on any atom is -0.167 e. The zero-order valence-corrected chi connectivity index (χ0v) is 5.13. The molecule has 0 aromatic rings. The van der Waals surface area contributed by atoms with Crippen LogP contribution in [0.25, 0.3) is 0 Å². The van der Waals surface area contributed by atoms with E-state index >= 15 is 0 Å². The predicted molar refractivity (Wildman–Crippen MR) is 29.8 cm³/mol. The number of rotatable bonds is 1. The lowest BCUT2D eigenvalue weighted by Gasteiger charge is -2.04. The van der Waals surface area contributed by atoms with Crippen molar-refractivity contribution in [2.45, 2.75) is 19.5 Å². The molecule has 0 aliphatic rings. The molecule has 0 rings (SSSR count). The fourth-order valence-corrected chi connectivity index (χ4v) is 0.332. The van der Waals surface area contributed by atoms with Crippen molar-refractivity contribution in [3.63, 3.8) is 0 Å². The Morgan fingerprint density at radius 3 is 2.11 bits per heavy atom. The molecule has 0 N–H and O–H groups in total. The molecule has 3 heteroatoms. The summed E-state index contributed by atoms with van der Waals surface area (Å²) in [4.78, 5) is 0. The molecule has 0 saturated heterocycles. The summed E-state index contributed by atoms with van der Waals surface area (Å²) >= 11 is 0. The van der Waals surface area contributed by atoms with E-state index in [1.807, 2.05) is 0 Å². The van der Waals surface area contributed by atoms with E-state index in [9.17, 15) is 13.2 Å². The van der Waals surface area contributed by atoms with Gasteiger partial charge < -0.3 is 0 Å². The third kappa shape index (κ3) is 3.16. The maximum Gasteiger partial charge on any atom is 0.412 e. The number of allylic oxidation sites excluding steroid dienone is 2. The summed E-state index contributed by atoms with van der Waals surface area (Å²) in [6.45, 7) is 4.30. The van der Waals surface area contributed by atoms with E-state index < -0.39 is 11.7 Å². The molecule has 0 aromatic heterocycles. The summed E-state index contributed by atoms with van der Waals surface area (Å²) in [5.74, 6) is 0. The summed E-state index contributed by atoms with van der Waals surface area (Å²) < 4.78 is 34.6. The zero-order chi connectivity index (χ0) is 7.49. The Morgan fingerprint density at radius 1 is 1.56 bits per heavy atom. The summed E-state index contributed by atoms with van der Waals surface area (Å²) in [5.41, 5.74) is -0.572. The highest BCUT2D eigenvalue weighted by molar-refractivity contribution is 5.04. The Kier molecular flexibility index (Phi) is 2.74. The number of hydrogen-bond donors (Lipinski definition) is 0. The van der Waals surface area contributed by atoms with Gasteiger partial charge in [-0.05, 0) is 20.3 Å². The van der Waals surface area contributed by atoms with Crippen molar-refractivity contribution < 1.29 is 13.2 Å². The molecule has 0 fully saturated rings. The molecule has 0 aromatic carbocycles. The lowest BCUT2D eigenvalue weighted by Crippen LogP contribution is -2.08. The minimum atomic E-state index is -4.17. The van der Waals surface area contributed by atoms with E-state index in [4.69, 9.17) is 0 Å². The smallest absolute Gasteiger partial charge is 0.167 e. The van der Waals surface area contributed by atoms with Crippen LogP contribution in [0.5, 0.6) is 0 Å². The van der Waals surface area contributed by atoms with Gasteiger partial charge in [0.1, 0.15) is 0 Å². The lowest BCUT2D eigenvalue weighted by molar-refractivity contribution is -0.0915. The molecule has 0 aliphatic heterocycles. The maximum atomic E-state index is 11.5. The molecule has 0 bridgehead atoms. The Morgan fingerprint density at radius 2 is 2.00 bits per heavy atom. The van der Waals surface area contributed by atoms with Crippen LogP contribution in [0.2, 0.25) is 0 Å². The van der Waals surface area contributed by atoms with Crippen LogP contribution in [0.3, 0.4) is 0 Å². The van der Waals surface area contributed by atoms with Crippen LogP contribution in [0.15, 0.2) is 11.6 Å². The molecule has 0 aliphatic carbocycles. The van der Waals surface area contributed by atoms with Gasteiger partial charge in [-0.3, -0.25) is 0 Å². The van der Waals surface area contributed by atoms with E-state index in [1.165, 1.54) is 0 Å². The van der Waals surface area contributed by atoms with E-state index in [-0.39, 0.29) is 6.42 Å². The second-order valence-electron chi connectivity index (χ2n) is 1.67. The van der Waals surface area contributed by atoms with Crippen LogP contribution in [-0.4, -0.2) is 6.18 Å². The monoisotopic (exact) mass is 137 g/mol. The van der Waals surface area contributed by atoms with Crippen molar-refractivity contribution in [2.75, 3.05) is 0 Å². The van der Waals surface area contributed by atoms with Crippen molar-refractivity contribution in [1.29, 1.82) is 0 Å². The second-order valence-corrected chi connectivity index (χ2v) is 1.67. The number of alkyl halides is 3. The minimum absolute atomic E-state index is 0.186. The normalized spacial score (nSPS) is 14.1. The number of halogens is 3. The van der Waals surface area contributed by atoms with Gasteiger partial charge in [0.15, 0.2) is 0 Å². The SMILES string of the molecule is [CH2]C/C=C(\C)C(F)(F)F. The molecule has 0 saturated carbocycles. The van der Waals surface area contributed by atoms with Gasteiger partial charge in [-0.1, -0.05) is 6.08 Å². The molecular weight excluding hydrogens is 129 g/mol. The second kappa shape index (κ2) is 2.90. The summed E-state index contributed by atoms with van der Waals surface area (Å²) in [7, 11) is 0. The van der Waals surface area contributed by atoms with E-state index in [1.54, 1.807) is 0 Å². The molecular formula is C6H8F3. The molecule has 9 heavy (non-hydrogen) atoms. The van der Waals surface area contributed by atoms with Crippen LogP contribution >= 0.6 is 0 Å². The topological polar surface area (TPSA) is 0 Å². The third-order valence-electron chi connectivity index (χ3n) is 0.898. The lowest BCUT2D eigenvalue weighted by atomic mass is 10.2. The van der Waals surface area contributed by atoms with Gasteiger partial charge in [0, 0.05) is 5.57 Å².